The van der Waals surface area contributed by atoms with E-state index in [1.807, 2.05) is 80.0 Å². The first kappa shape index (κ1) is 38.4. The normalized spacial score (nSPS) is 11.5. The molecule has 2 aromatic heterocycles. The molecule has 0 saturated carbocycles. The van der Waals surface area contributed by atoms with Gasteiger partial charge in [0.05, 0.1) is 0 Å². The van der Waals surface area contributed by atoms with Gasteiger partial charge in [-0.2, -0.15) is 0 Å². The molecular weight excluding hydrogens is 743 g/mol. The lowest BCUT2D eigenvalue weighted by atomic mass is 9.94. The van der Waals surface area contributed by atoms with Crippen LogP contribution in [0.3, 0.4) is 0 Å². The molecule has 0 N–H and O–H groups in total. The minimum atomic E-state index is 0.567. The van der Waals surface area contributed by atoms with Crippen LogP contribution in [0.2, 0.25) is 0 Å². The van der Waals surface area contributed by atoms with E-state index in [0.717, 1.165) is 72.3 Å². The molecule has 0 spiro atoms. The molecule has 0 atom stereocenters. The molecule has 0 saturated heterocycles. The van der Waals surface area contributed by atoms with Crippen LogP contribution in [-0.2, 0) is 0 Å². The molecule has 0 aliphatic rings. The van der Waals surface area contributed by atoms with E-state index in [9.17, 15) is 0 Å². The van der Waals surface area contributed by atoms with Crippen LogP contribution in [0.1, 0.15) is 12.5 Å². The molecule has 0 aliphatic heterocycles. The quantitative estimate of drug-likeness (QED) is 0.0968. The first-order valence-electron chi connectivity index (χ1n) is 20.3. The second-order valence-electron chi connectivity index (χ2n) is 14.6. The number of hydrogen-bond acceptors (Lipinski definition) is 5. The number of hydrogen-bond donors (Lipinski definition) is 0. The van der Waals surface area contributed by atoms with Crippen LogP contribution >= 0.6 is 0 Å². The van der Waals surface area contributed by atoms with Gasteiger partial charge in [-0.15, -0.1) is 0 Å². The van der Waals surface area contributed by atoms with Gasteiger partial charge < -0.3 is 0 Å². The van der Waals surface area contributed by atoms with Gasteiger partial charge in [0.1, 0.15) is 0 Å². The average Bonchev–Trinajstić information content (AvgIpc) is 3.35. The number of aromatic nitrogens is 4. The van der Waals surface area contributed by atoms with Gasteiger partial charge in [0.25, 0.3) is 0 Å². The summed E-state index contributed by atoms with van der Waals surface area (Å²) in [6.07, 6.45) is 9.42. The Morgan fingerprint density at radius 2 is 0.738 bits per heavy atom. The molecular formula is C56H41N5. The van der Waals surface area contributed by atoms with Crippen molar-refractivity contribution in [1.29, 1.82) is 0 Å². The van der Waals surface area contributed by atoms with Gasteiger partial charge in [0, 0.05) is 35.3 Å². The van der Waals surface area contributed by atoms with Crippen molar-refractivity contribution in [3.05, 3.63) is 224 Å². The third-order valence-corrected chi connectivity index (χ3v) is 10.7. The fourth-order valence-electron chi connectivity index (χ4n) is 7.54. The lowest BCUT2D eigenvalue weighted by Gasteiger charge is -2.14. The van der Waals surface area contributed by atoms with Gasteiger partial charge in [-0.25, -0.2) is 15.0 Å². The zero-order valence-corrected chi connectivity index (χ0v) is 33.7. The van der Waals surface area contributed by atoms with Crippen molar-refractivity contribution in [3.63, 3.8) is 0 Å². The van der Waals surface area contributed by atoms with Crippen molar-refractivity contribution < 1.29 is 0 Å². The summed E-state index contributed by atoms with van der Waals surface area (Å²) < 4.78 is 0. The van der Waals surface area contributed by atoms with E-state index < -0.39 is 0 Å². The van der Waals surface area contributed by atoms with E-state index in [4.69, 9.17) is 15.0 Å². The number of allylic oxidation sites excluding steroid dienone is 3. The first-order valence-corrected chi connectivity index (χ1v) is 20.3. The van der Waals surface area contributed by atoms with E-state index >= 15 is 0 Å². The van der Waals surface area contributed by atoms with E-state index in [1.54, 1.807) is 6.20 Å². The number of aliphatic imine (C=N–C) groups is 1. The summed E-state index contributed by atoms with van der Waals surface area (Å²) in [5, 5.41) is 0. The van der Waals surface area contributed by atoms with Gasteiger partial charge in [-0.05, 0) is 135 Å². The third kappa shape index (κ3) is 8.68. The molecule has 61 heavy (non-hydrogen) atoms. The van der Waals surface area contributed by atoms with E-state index in [-0.39, 0.29) is 0 Å². The molecule has 2 heterocycles. The molecule has 0 radical (unpaired) electrons. The van der Waals surface area contributed by atoms with Crippen LogP contribution in [-0.4, -0.2) is 26.7 Å². The molecule has 7 aromatic carbocycles. The Morgan fingerprint density at radius 1 is 0.393 bits per heavy atom. The summed E-state index contributed by atoms with van der Waals surface area (Å²) >= 11 is 0. The predicted octanol–water partition coefficient (Wildman–Crippen LogP) is 14.2. The number of rotatable bonds is 11. The predicted molar refractivity (Wildman–Crippen MR) is 253 cm³/mol. The topological polar surface area (TPSA) is 63.9 Å². The molecule has 0 aliphatic carbocycles. The van der Waals surface area contributed by atoms with Gasteiger partial charge in [-0.1, -0.05) is 146 Å². The Bertz CT molecular complexity index is 3000. The Kier molecular flexibility index (Phi) is 11.2. The summed E-state index contributed by atoms with van der Waals surface area (Å²) in [6.45, 7) is 5.70. The summed E-state index contributed by atoms with van der Waals surface area (Å²) in [4.78, 5) is 24.0. The molecule has 5 nitrogen and oxygen atoms in total. The maximum atomic E-state index is 5.30. The Hall–Kier alpha value is -8.15. The van der Waals surface area contributed by atoms with Crippen LogP contribution in [0, 0.1) is 0 Å². The number of nitrogens with zero attached hydrogens (tertiary/aromatic N) is 5. The smallest absolute Gasteiger partial charge is 0.164 e. The summed E-state index contributed by atoms with van der Waals surface area (Å²) in [5.41, 5.74) is 15.7. The Labute approximate surface area is 356 Å². The minimum absolute atomic E-state index is 0.567. The molecule has 9 aromatic rings. The van der Waals surface area contributed by atoms with Gasteiger partial charge in [0.15, 0.2) is 17.5 Å². The highest BCUT2D eigenvalue weighted by Gasteiger charge is 2.17. The third-order valence-electron chi connectivity index (χ3n) is 10.7. The summed E-state index contributed by atoms with van der Waals surface area (Å²) in [5.74, 6) is 1.73. The highest BCUT2D eigenvalue weighted by Crippen LogP contribution is 2.36. The van der Waals surface area contributed by atoms with E-state index in [1.165, 1.54) is 11.1 Å². The highest BCUT2D eigenvalue weighted by atomic mass is 15.0. The molecule has 0 amide bonds. The van der Waals surface area contributed by atoms with Crippen LogP contribution in [0.25, 0.3) is 95.4 Å². The van der Waals surface area contributed by atoms with Gasteiger partial charge in [0.2, 0.25) is 0 Å². The van der Waals surface area contributed by atoms with Crippen LogP contribution < -0.4 is 0 Å². The summed E-state index contributed by atoms with van der Waals surface area (Å²) in [6, 6.07) is 65.5. The number of benzene rings is 7. The number of pyridine rings is 1. The molecule has 0 fully saturated rings. The molecule has 9 rings (SSSR count). The first-order chi connectivity index (χ1) is 30.1. The van der Waals surface area contributed by atoms with Gasteiger partial charge in [-0.3, -0.25) is 9.98 Å². The van der Waals surface area contributed by atoms with Crippen molar-refractivity contribution in [2.75, 3.05) is 0 Å². The summed E-state index contributed by atoms with van der Waals surface area (Å²) in [7, 11) is 0. The van der Waals surface area contributed by atoms with Crippen LogP contribution in [0.15, 0.2) is 224 Å². The molecule has 0 unspecified atom stereocenters. The molecule has 0 bridgehead atoms. The molecule has 5 heteroatoms. The molecule has 290 valence electrons. The fraction of sp³-hybridized carbons (Fsp3) is 0.0179. The van der Waals surface area contributed by atoms with Crippen molar-refractivity contribution in [2.24, 2.45) is 4.99 Å². The highest BCUT2D eigenvalue weighted by molar-refractivity contribution is 5.84. The van der Waals surface area contributed by atoms with Crippen LogP contribution in [0.4, 0.5) is 0 Å². The van der Waals surface area contributed by atoms with Crippen LogP contribution in [0.5, 0.6) is 0 Å². The fourth-order valence-corrected chi connectivity index (χ4v) is 7.54. The zero-order valence-electron chi connectivity index (χ0n) is 33.7. The zero-order chi connectivity index (χ0) is 41.4. The largest absolute Gasteiger partial charge is 0.272 e. The van der Waals surface area contributed by atoms with Crippen molar-refractivity contribution in [1.82, 2.24) is 19.9 Å². The van der Waals surface area contributed by atoms with Crippen molar-refractivity contribution in [3.8, 4) is 89.8 Å². The van der Waals surface area contributed by atoms with Crippen molar-refractivity contribution >= 4 is 12.3 Å². The monoisotopic (exact) mass is 783 g/mol. The maximum absolute atomic E-state index is 5.30. The lowest BCUT2D eigenvalue weighted by molar-refractivity contribution is 1.07. The second kappa shape index (κ2) is 17.8. The second-order valence-corrected chi connectivity index (χ2v) is 14.6. The van der Waals surface area contributed by atoms with Gasteiger partial charge >= 0.3 is 0 Å². The van der Waals surface area contributed by atoms with E-state index in [0.29, 0.717) is 17.5 Å². The maximum Gasteiger partial charge on any atom is 0.164 e. The van der Waals surface area contributed by atoms with E-state index in [2.05, 4.69) is 156 Å². The Balaban J connectivity index is 1.22. The van der Waals surface area contributed by atoms with Crippen molar-refractivity contribution in [2.45, 2.75) is 6.92 Å². The SMILES string of the molecule is C=N/C=C\C(=C/C)c1cc(-c2ccc(-c3ccccc3)cc2)cc(-c2nc(-c3ccccc3)nc(-c3cc(-c4ccncc4)cc(-c4ccc(-c5ccccc5)cc4)c3)n2)c1. The lowest BCUT2D eigenvalue weighted by Crippen LogP contribution is -2.01. The standard InChI is InChI=1S/C56H41N5/c1-3-39(27-30-57-2)48-33-49(44-23-19-42(20-24-44)40-13-7-4-8-14-40)36-52(35-48)55-59-54(47-17-11-6-12-18-47)60-56(61-55)53-37-50(34-51(38-53)46-28-31-58-32-29-46)45-25-21-43(22-26-45)41-15-9-5-10-16-41/h3-38H,2H2,1H3/b30-27-,39-3+. The Morgan fingerprint density at radius 3 is 1.20 bits per heavy atom. The average molecular weight is 784 g/mol. The minimum Gasteiger partial charge on any atom is -0.272 e.